The van der Waals surface area contributed by atoms with E-state index in [2.05, 4.69) is 5.32 Å². The first-order valence-corrected chi connectivity index (χ1v) is 6.35. The van der Waals surface area contributed by atoms with Gasteiger partial charge in [0.05, 0.1) is 5.69 Å². The Bertz CT molecular complexity index is 678. The average molecular weight is 281 g/mol. The zero-order valence-corrected chi connectivity index (χ0v) is 11.0. The van der Waals surface area contributed by atoms with Gasteiger partial charge in [-0.2, -0.15) is 0 Å². The number of benzene rings is 1. The standard InChI is InChI=1S/C12H12FN3O2S/c1-7-6-19-12(18)16(7)5-11(17)15-10-4-8(14)2-3-9(10)13/h2-4,6H,5,14H2,1H3,(H,15,17). The highest BCUT2D eigenvalue weighted by Crippen LogP contribution is 2.17. The van der Waals surface area contributed by atoms with Crippen LogP contribution in [0.15, 0.2) is 28.4 Å². The van der Waals surface area contributed by atoms with Crippen molar-refractivity contribution in [1.82, 2.24) is 4.57 Å². The minimum absolute atomic E-state index is 0.00549. The molecule has 1 amide bonds. The first-order valence-electron chi connectivity index (χ1n) is 5.47. The molecule has 0 bridgehead atoms. The lowest BCUT2D eigenvalue weighted by Crippen LogP contribution is -2.25. The molecule has 0 saturated carbocycles. The van der Waals surface area contributed by atoms with Gasteiger partial charge in [-0.25, -0.2) is 4.39 Å². The quantitative estimate of drug-likeness (QED) is 0.838. The number of amides is 1. The molecular weight excluding hydrogens is 269 g/mol. The topological polar surface area (TPSA) is 77.1 Å². The Labute approximate surface area is 112 Å². The second-order valence-corrected chi connectivity index (χ2v) is 4.84. The van der Waals surface area contributed by atoms with E-state index in [1.54, 1.807) is 12.3 Å². The molecule has 0 aliphatic heterocycles. The van der Waals surface area contributed by atoms with Crippen LogP contribution in [0.1, 0.15) is 5.69 Å². The van der Waals surface area contributed by atoms with Crippen molar-refractivity contribution in [2.24, 2.45) is 0 Å². The second kappa shape index (κ2) is 5.23. The van der Waals surface area contributed by atoms with E-state index >= 15 is 0 Å². The molecule has 0 aliphatic carbocycles. The number of anilines is 2. The SMILES string of the molecule is Cc1csc(=O)n1CC(=O)Nc1cc(N)ccc1F. The third-order valence-electron chi connectivity index (χ3n) is 2.54. The largest absolute Gasteiger partial charge is 0.399 e. The molecule has 0 saturated heterocycles. The molecule has 0 aliphatic rings. The molecule has 7 heteroatoms. The maximum Gasteiger partial charge on any atom is 0.307 e. The van der Waals surface area contributed by atoms with Crippen molar-refractivity contribution < 1.29 is 9.18 Å². The summed E-state index contributed by atoms with van der Waals surface area (Å²) in [6.45, 7) is 1.58. The molecule has 1 aromatic carbocycles. The summed E-state index contributed by atoms with van der Waals surface area (Å²) in [4.78, 5) is 23.0. The Morgan fingerprint density at radius 2 is 2.26 bits per heavy atom. The number of rotatable bonds is 3. The van der Waals surface area contributed by atoms with E-state index in [0.29, 0.717) is 11.4 Å². The predicted molar refractivity (Wildman–Crippen MR) is 72.8 cm³/mol. The number of aromatic nitrogens is 1. The number of nitrogen functional groups attached to an aromatic ring is 1. The van der Waals surface area contributed by atoms with E-state index in [0.717, 1.165) is 11.3 Å². The smallest absolute Gasteiger partial charge is 0.307 e. The average Bonchev–Trinajstić information content (AvgIpc) is 2.65. The number of hydrogen-bond donors (Lipinski definition) is 2. The zero-order chi connectivity index (χ0) is 14.0. The number of nitrogens with two attached hydrogens (primary N) is 1. The van der Waals surface area contributed by atoms with E-state index in [4.69, 9.17) is 5.73 Å². The van der Waals surface area contributed by atoms with Gasteiger partial charge in [0.25, 0.3) is 0 Å². The van der Waals surface area contributed by atoms with Crippen LogP contribution in [0.5, 0.6) is 0 Å². The van der Waals surface area contributed by atoms with Gasteiger partial charge in [0, 0.05) is 16.8 Å². The monoisotopic (exact) mass is 281 g/mol. The van der Waals surface area contributed by atoms with Gasteiger partial charge in [-0.1, -0.05) is 11.3 Å². The van der Waals surface area contributed by atoms with E-state index in [9.17, 15) is 14.0 Å². The van der Waals surface area contributed by atoms with Gasteiger partial charge in [-0.15, -0.1) is 0 Å². The highest BCUT2D eigenvalue weighted by molar-refractivity contribution is 7.07. The van der Waals surface area contributed by atoms with E-state index < -0.39 is 11.7 Å². The van der Waals surface area contributed by atoms with Crippen molar-refractivity contribution in [3.63, 3.8) is 0 Å². The molecule has 0 fully saturated rings. The highest BCUT2D eigenvalue weighted by atomic mass is 32.1. The summed E-state index contributed by atoms with van der Waals surface area (Å²) in [6.07, 6.45) is 0. The molecular formula is C12H12FN3O2S. The number of hydrogen-bond acceptors (Lipinski definition) is 4. The van der Waals surface area contributed by atoms with Crippen LogP contribution in [0.25, 0.3) is 0 Å². The summed E-state index contributed by atoms with van der Waals surface area (Å²) < 4.78 is 14.8. The number of aryl methyl sites for hydroxylation is 1. The molecule has 3 N–H and O–H groups in total. The van der Waals surface area contributed by atoms with Crippen LogP contribution in [0.4, 0.5) is 15.8 Å². The Morgan fingerprint density at radius 3 is 2.89 bits per heavy atom. The van der Waals surface area contributed by atoms with Gasteiger partial charge in [0.2, 0.25) is 5.91 Å². The van der Waals surface area contributed by atoms with Gasteiger partial charge in [0.15, 0.2) is 0 Å². The van der Waals surface area contributed by atoms with Crippen molar-refractivity contribution in [1.29, 1.82) is 0 Å². The lowest BCUT2D eigenvalue weighted by Gasteiger charge is -2.08. The number of thiazole rings is 1. The maximum atomic E-state index is 13.4. The number of carbonyl (C=O) groups excluding carboxylic acids is 1. The summed E-state index contributed by atoms with van der Waals surface area (Å²) in [7, 11) is 0. The fourth-order valence-electron chi connectivity index (χ4n) is 1.57. The third-order valence-corrected chi connectivity index (χ3v) is 3.42. The summed E-state index contributed by atoms with van der Waals surface area (Å²) in [5, 5.41) is 4.06. The van der Waals surface area contributed by atoms with Gasteiger partial charge in [0.1, 0.15) is 12.4 Å². The molecule has 2 aromatic rings. The van der Waals surface area contributed by atoms with E-state index in [1.807, 2.05) is 0 Å². The lowest BCUT2D eigenvalue weighted by molar-refractivity contribution is -0.116. The Morgan fingerprint density at radius 1 is 1.53 bits per heavy atom. The minimum Gasteiger partial charge on any atom is -0.399 e. The van der Waals surface area contributed by atoms with Crippen LogP contribution in [0.3, 0.4) is 0 Å². The van der Waals surface area contributed by atoms with Crippen LogP contribution >= 0.6 is 11.3 Å². The minimum atomic E-state index is -0.572. The number of carbonyl (C=O) groups is 1. The molecule has 19 heavy (non-hydrogen) atoms. The first kappa shape index (κ1) is 13.3. The van der Waals surface area contributed by atoms with E-state index in [-0.39, 0.29) is 17.1 Å². The number of halogens is 1. The summed E-state index contributed by atoms with van der Waals surface area (Å²) in [6, 6.07) is 3.90. The van der Waals surface area contributed by atoms with Crippen molar-refractivity contribution in [3.05, 3.63) is 44.8 Å². The zero-order valence-electron chi connectivity index (χ0n) is 10.1. The summed E-state index contributed by atoms with van der Waals surface area (Å²) in [5.74, 6) is -1.05. The van der Waals surface area contributed by atoms with Crippen molar-refractivity contribution in [2.75, 3.05) is 11.1 Å². The Hall–Kier alpha value is -2.15. The highest BCUT2D eigenvalue weighted by Gasteiger charge is 2.11. The van der Waals surface area contributed by atoms with Crippen molar-refractivity contribution in [2.45, 2.75) is 13.5 Å². The molecule has 0 radical (unpaired) electrons. The normalized spacial score (nSPS) is 10.4. The number of nitrogens with zero attached hydrogens (tertiary/aromatic N) is 1. The molecule has 100 valence electrons. The van der Waals surface area contributed by atoms with Crippen LogP contribution in [0, 0.1) is 12.7 Å². The van der Waals surface area contributed by atoms with Crippen LogP contribution in [0.2, 0.25) is 0 Å². The second-order valence-electron chi connectivity index (χ2n) is 4.02. The Kier molecular flexibility index (Phi) is 3.66. The fraction of sp³-hybridized carbons (Fsp3) is 0.167. The first-order chi connectivity index (χ1) is 8.97. The predicted octanol–water partition coefficient (Wildman–Crippen LogP) is 1.58. The van der Waals surface area contributed by atoms with Gasteiger partial charge in [-0.05, 0) is 25.1 Å². The van der Waals surface area contributed by atoms with Crippen molar-refractivity contribution in [3.8, 4) is 0 Å². The molecule has 0 unspecified atom stereocenters. The van der Waals surface area contributed by atoms with E-state index in [1.165, 1.54) is 22.8 Å². The maximum absolute atomic E-state index is 13.4. The van der Waals surface area contributed by atoms with Crippen LogP contribution in [-0.4, -0.2) is 10.5 Å². The van der Waals surface area contributed by atoms with Gasteiger partial charge in [-0.3, -0.25) is 14.2 Å². The fourth-order valence-corrected chi connectivity index (χ4v) is 2.30. The van der Waals surface area contributed by atoms with Crippen LogP contribution < -0.4 is 15.9 Å². The Balaban J connectivity index is 2.14. The molecule has 2 rings (SSSR count). The van der Waals surface area contributed by atoms with Gasteiger partial charge >= 0.3 is 4.87 Å². The number of nitrogens with one attached hydrogen (secondary N) is 1. The molecule has 5 nitrogen and oxygen atoms in total. The lowest BCUT2D eigenvalue weighted by atomic mass is 10.2. The molecule has 0 atom stereocenters. The van der Waals surface area contributed by atoms with Crippen LogP contribution in [-0.2, 0) is 11.3 Å². The van der Waals surface area contributed by atoms with Crippen molar-refractivity contribution >= 4 is 28.6 Å². The third kappa shape index (κ3) is 3.00. The molecule has 1 heterocycles. The molecule has 1 aromatic heterocycles. The summed E-state index contributed by atoms with van der Waals surface area (Å²) in [5.41, 5.74) is 6.56. The summed E-state index contributed by atoms with van der Waals surface area (Å²) >= 11 is 1.02. The van der Waals surface area contributed by atoms with Gasteiger partial charge < -0.3 is 11.1 Å². The molecule has 0 spiro atoms.